The predicted octanol–water partition coefficient (Wildman–Crippen LogP) is 3.44. The number of nitrogens with one attached hydrogen (secondary N) is 1. The van der Waals surface area contributed by atoms with Crippen LogP contribution in [-0.2, 0) is 6.54 Å². The van der Waals surface area contributed by atoms with Gasteiger partial charge >= 0.3 is 0 Å². The third kappa shape index (κ3) is 3.50. The second-order valence-electron chi connectivity index (χ2n) is 3.58. The third-order valence-electron chi connectivity index (χ3n) is 2.33. The minimum absolute atomic E-state index is 0.113. The van der Waals surface area contributed by atoms with Crippen LogP contribution in [0, 0.1) is 5.82 Å². The fourth-order valence-corrected chi connectivity index (χ4v) is 2.37. The van der Waals surface area contributed by atoms with Crippen LogP contribution in [0.4, 0.5) is 4.39 Å². The minimum Gasteiger partial charge on any atom is -0.316 e. The zero-order valence-electron chi connectivity index (χ0n) is 9.51. The van der Waals surface area contributed by atoms with E-state index in [9.17, 15) is 4.39 Å². The molecule has 1 aromatic carbocycles. The lowest BCUT2D eigenvalue weighted by molar-refractivity contribution is 0.593. The van der Waals surface area contributed by atoms with Gasteiger partial charge in [0.05, 0.1) is 0 Å². The number of hydrogen-bond donors (Lipinski definition) is 1. The van der Waals surface area contributed by atoms with Gasteiger partial charge in [-0.05, 0) is 25.6 Å². The van der Waals surface area contributed by atoms with E-state index in [4.69, 9.17) is 0 Å². The lowest BCUT2D eigenvalue weighted by atomic mass is 10.2. The highest BCUT2D eigenvalue weighted by Gasteiger charge is 2.10. The molecule has 1 N–H and O–H groups in total. The summed E-state index contributed by atoms with van der Waals surface area (Å²) in [7, 11) is 1.84. The molecule has 0 radical (unpaired) electrons. The Kier molecular flexibility index (Phi) is 5.12. The van der Waals surface area contributed by atoms with E-state index < -0.39 is 0 Å². The Morgan fingerprint density at radius 2 is 2.20 bits per heavy atom. The Hall–Kier alpha value is -0.540. The van der Waals surface area contributed by atoms with Crippen molar-refractivity contribution < 1.29 is 4.39 Å². The molecule has 0 heterocycles. The molecule has 0 amide bonds. The van der Waals surface area contributed by atoms with Crippen molar-refractivity contribution in [3.63, 3.8) is 0 Å². The SMILES string of the molecule is CCC(C)Sc1cccc(F)c1CNC. The van der Waals surface area contributed by atoms with Crippen molar-refractivity contribution >= 4 is 11.8 Å². The van der Waals surface area contributed by atoms with Crippen LogP contribution in [0.1, 0.15) is 25.8 Å². The standard InChI is InChI=1S/C12H18FNS/c1-4-9(2)15-12-7-5-6-11(13)10(12)8-14-3/h5-7,9,14H,4,8H2,1-3H3. The van der Waals surface area contributed by atoms with Gasteiger partial charge in [0.25, 0.3) is 0 Å². The summed E-state index contributed by atoms with van der Waals surface area (Å²) in [6, 6.07) is 5.29. The van der Waals surface area contributed by atoms with Crippen molar-refractivity contribution in [2.24, 2.45) is 0 Å². The molecule has 0 spiro atoms. The van der Waals surface area contributed by atoms with Crippen LogP contribution < -0.4 is 5.32 Å². The van der Waals surface area contributed by atoms with Crippen molar-refractivity contribution in [3.05, 3.63) is 29.6 Å². The average Bonchev–Trinajstić information content (AvgIpc) is 2.23. The maximum Gasteiger partial charge on any atom is 0.128 e. The van der Waals surface area contributed by atoms with Gasteiger partial charge in [0, 0.05) is 22.3 Å². The maximum absolute atomic E-state index is 13.5. The van der Waals surface area contributed by atoms with E-state index in [1.165, 1.54) is 6.07 Å². The summed E-state index contributed by atoms with van der Waals surface area (Å²) in [5.41, 5.74) is 0.783. The van der Waals surface area contributed by atoms with Gasteiger partial charge in [-0.25, -0.2) is 4.39 Å². The fourth-order valence-electron chi connectivity index (χ4n) is 1.30. The maximum atomic E-state index is 13.5. The first-order valence-corrected chi connectivity index (χ1v) is 6.15. The highest BCUT2D eigenvalue weighted by atomic mass is 32.2. The predicted molar refractivity (Wildman–Crippen MR) is 64.8 cm³/mol. The van der Waals surface area contributed by atoms with Crippen LogP contribution in [0.3, 0.4) is 0 Å². The van der Waals surface area contributed by atoms with Gasteiger partial charge in [-0.2, -0.15) is 0 Å². The Morgan fingerprint density at radius 1 is 1.47 bits per heavy atom. The van der Waals surface area contributed by atoms with Crippen molar-refractivity contribution in [1.82, 2.24) is 5.32 Å². The van der Waals surface area contributed by atoms with Gasteiger partial charge in [0.15, 0.2) is 0 Å². The number of halogens is 1. The molecule has 3 heteroatoms. The van der Waals surface area contributed by atoms with E-state index in [0.29, 0.717) is 11.8 Å². The molecule has 1 nitrogen and oxygen atoms in total. The largest absolute Gasteiger partial charge is 0.316 e. The smallest absolute Gasteiger partial charge is 0.128 e. The lowest BCUT2D eigenvalue weighted by Crippen LogP contribution is -2.09. The normalized spacial score (nSPS) is 12.8. The van der Waals surface area contributed by atoms with Crippen molar-refractivity contribution in [3.8, 4) is 0 Å². The summed E-state index contributed by atoms with van der Waals surface area (Å²) in [6.07, 6.45) is 1.10. The molecular formula is C12H18FNS. The van der Waals surface area contributed by atoms with E-state index in [1.54, 1.807) is 17.8 Å². The van der Waals surface area contributed by atoms with Gasteiger partial charge in [-0.1, -0.05) is 19.9 Å². The monoisotopic (exact) mass is 227 g/mol. The van der Waals surface area contributed by atoms with Gasteiger partial charge < -0.3 is 5.32 Å². The number of benzene rings is 1. The van der Waals surface area contributed by atoms with Gasteiger partial charge in [0.2, 0.25) is 0 Å². The first kappa shape index (κ1) is 12.5. The number of thioether (sulfide) groups is 1. The zero-order chi connectivity index (χ0) is 11.3. The van der Waals surface area contributed by atoms with E-state index >= 15 is 0 Å². The van der Waals surface area contributed by atoms with Crippen LogP contribution in [0.25, 0.3) is 0 Å². The molecule has 0 aliphatic heterocycles. The van der Waals surface area contributed by atoms with Gasteiger partial charge in [-0.15, -0.1) is 11.8 Å². The summed E-state index contributed by atoms with van der Waals surface area (Å²) in [6.45, 7) is 4.90. The third-order valence-corrected chi connectivity index (χ3v) is 3.70. The zero-order valence-corrected chi connectivity index (χ0v) is 10.3. The molecule has 0 saturated carbocycles. The van der Waals surface area contributed by atoms with Gasteiger partial charge in [0.1, 0.15) is 5.82 Å². The quantitative estimate of drug-likeness (QED) is 0.773. The molecule has 0 saturated heterocycles. The molecule has 1 unspecified atom stereocenters. The van der Waals surface area contributed by atoms with E-state index in [0.717, 1.165) is 16.9 Å². The van der Waals surface area contributed by atoms with Crippen molar-refractivity contribution in [2.45, 2.75) is 37.0 Å². The summed E-state index contributed by atoms with van der Waals surface area (Å²) in [5, 5.41) is 3.53. The van der Waals surface area contributed by atoms with Crippen LogP contribution >= 0.6 is 11.8 Å². The summed E-state index contributed by atoms with van der Waals surface area (Å²) in [4.78, 5) is 1.05. The summed E-state index contributed by atoms with van der Waals surface area (Å²) < 4.78 is 13.5. The highest BCUT2D eigenvalue weighted by molar-refractivity contribution is 8.00. The lowest BCUT2D eigenvalue weighted by Gasteiger charge is -2.13. The second-order valence-corrected chi connectivity index (χ2v) is 5.06. The van der Waals surface area contributed by atoms with E-state index in [1.807, 2.05) is 13.1 Å². The molecule has 0 fully saturated rings. The molecule has 15 heavy (non-hydrogen) atoms. The molecule has 84 valence electrons. The van der Waals surface area contributed by atoms with Crippen molar-refractivity contribution in [2.75, 3.05) is 7.05 Å². The molecule has 0 aliphatic rings. The van der Waals surface area contributed by atoms with Crippen LogP contribution in [0.2, 0.25) is 0 Å². The van der Waals surface area contributed by atoms with Crippen LogP contribution in [0.5, 0.6) is 0 Å². The van der Waals surface area contributed by atoms with Gasteiger partial charge in [-0.3, -0.25) is 0 Å². The molecule has 0 aromatic heterocycles. The van der Waals surface area contributed by atoms with Crippen LogP contribution in [-0.4, -0.2) is 12.3 Å². The van der Waals surface area contributed by atoms with Crippen molar-refractivity contribution in [1.29, 1.82) is 0 Å². The fraction of sp³-hybridized carbons (Fsp3) is 0.500. The number of hydrogen-bond acceptors (Lipinski definition) is 2. The molecular weight excluding hydrogens is 209 g/mol. The average molecular weight is 227 g/mol. The number of rotatable bonds is 5. The molecule has 0 bridgehead atoms. The Morgan fingerprint density at radius 3 is 2.80 bits per heavy atom. The first-order chi connectivity index (χ1) is 7.19. The Bertz CT molecular complexity index is 314. The second kappa shape index (κ2) is 6.13. The molecule has 1 aromatic rings. The minimum atomic E-state index is -0.113. The molecule has 1 atom stereocenters. The van der Waals surface area contributed by atoms with E-state index in [-0.39, 0.29) is 5.82 Å². The first-order valence-electron chi connectivity index (χ1n) is 5.27. The molecule has 1 rings (SSSR count). The highest BCUT2D eigenvalue weighted by Crippen LogP contribution is 2.29. The molecule has 0 aliphatic carbocycles. The Labute approximate surface area is 95.5 Å². The van der Waals surface area contributed by atoms with E-state index in [2.05, 4.69) is 19.2 Å². The van der Waals surface area contributed by atoms with Crippen LogP contribution in [0.15, 0.2) is 23.1 Å². The summed E-state index contributed by atoms with van der Waals surface area (Å²) in [5.74, 6) is -0.113. The summed E-state index contributed by atoms with van der Waals surface area (Å²) >= 11 is 1.74. The topological polar surface area (TPSA) is 12.0 Å². The Balaban J connectivity index is 2.89.